The number of esters is 2. The maximum absolute atomic E-state index is 11.8. The number of hydrogen-bond acceptors (Lipinski definition) is 4. The third kappa shape index (κ3) is 16.4. The summed E-state index contributed by atoms with van der Waals surface area (Å²) >= 11 is 0. The van der Waals surface area contributed by atoms with Crippen LogP contribution in [0.25, 0.3) is 0 Å². The SMILES string of the molecule is CCCCC(CC)COC(=O)CCCCCCCCCCC(=O)OCC. The lowest BCUT2D eigenvalue weighted by molar-refractivity contribution is -0.145. The molecule has 0 aliphatic heterocycles. The van der Waals surface area contributed by atoms with Gasteiger partial charge in [0.25, 0.3) is 0 Å². The summed E-state index contributed by atoms with van der Waals surface area (Å²) in [6.45, 7) is 7.28. The van der Waals surface area contributed by atoms with Crippen LogP contribution in [0.2, 0.25) is 0 Å². The van der Waals surface area contributed by atoms with Crippen LogP contribution in [0.3, 0.4) is 0 Å². The Balaban J connectivity index is 3.38. The summed E-state index contributed by atoms with van der Waals surface area (Å²) in [5, 5.41) is 0. The minimum Gasteiger partial charge on any atom is -0.466 e. The van der Waals surface area contributed by atoms with E-state index in [0.717, 1.165) is 32.1 Å². The van der Waals surface area contributed by atoms with Crippen molar-refractivity contribution in [2.45, 2.75) is 111 Å². The highest BCUT2D eigenvalue weighted by atomic mass is 16.5. The van der Waals surface area contributed by atoms with E-state index in [2.05, 4.69) is 13.8 Å². The van der Waals surface area contributed by atoms with Crippen molar-refractivity contribution < 1.29 is 19.1 Å². The average Bonchev–Trinajstić information content (AvgIpc) is 2.63. The number of carbonyl (C=O) groups excluding carboxylic acids is 2. The van der Waals surface area contributed by atoms with E-state index in [4.69, 9.17) is 9.47 Å². The number of rotatable bonds is 18. The van der Waals surface area contributed by atoms with Gasteiger partial charge >= 0.3 is 11.9 Å². The minimum atomic E-state index is -0.0741. The van der Waals surface area contributed by atoms with Crippen molar-refractivity contribution >= 4 is 11.9 Å². The summed E-state index contributed by atoms with van der Waals surface area (Å²) in [6, 6.07) is 0. The zero-order chi connectivity index (χ0) is 19.5. The van der Waals surface area contributed by atoms with E-state index in [0.29, 0.717) is 32.0 Å². The molecule has 0 aliphatic rings. The summed E-state index contributed by atoms with van der Waals surface area (Å²) < 4.78 is 10.3. The largest absolute Gasteiger partial charge is 0.466 e. The Kier molecular flexibility index (Phi) is 18.0. The van der Waals surface area contributed by atoms with E-state index in [1.807, 2.05) is 6.92 Å². The lowest BCUT2D eigenvalue weighted by atomic mass is 10.0. The van der Waals surface area contributed by atoms with Crippen molar-refractivity contribution in [3.05, 3.63) is 0 Å². The molecule has 0 N–H and O–H groups in total. The molecule has 1 atom stereocenters. The molecule has 0 rings (SSSR count). The van der Waals surface area contributed by atoms with Gasteiger partial charge in [0.2, 0.25) is 0 Å². The highest BCUT2D eigenvalue weighted by Gasteiger charge is 2.09. The van der Waals surface area contributed by atoms with E-state index >= 15 is 0 Å². The summed E-state index contributed by atoms with van der Waals surface area (Å²) in [5.74, 6) is 0.427. The maximum atomic E-state index is 11.8. The van der Waals surface area contributed by atoms with Crippen molar-refractivity contribution in [2.75, 3.05) is 13.2 Å². The molecule has 154 valence electrons. The van der Waals surface area contributed by atoms with Gasteiger partial charge in [-0.25, -0.2) is 0 Å². The molecule has 0 fully saturated rings. The van der Waals surface area contributed by atoms with Gasteiger partial charge < -0.3 is 9.47 Å². The number of hydrogen-bond donors (Lipinski definition) is 0. The van der Waals surface area contributed by atoms with E-state index in [1.54, 1.807) is 0 Å². The van der Waals surface area contributed by atoms with Crippen LogP contribution in [-0.4, -0.2) is 25.2 Å². The Morgan fingerprint density at radius 2 is 1.19 bits per heavy atom. The van der Waals surface area contributed by atoms with Crippen molar-refractivity contribution in [3.63, 3.8) is 0 Å². The zero-order valence-corrected chi connectivity index (χ0v) is 17.5. The Labute approximate surface area is 161 Å². The van der Waals surface area contributed by atoms with Crippen LogP contribution < -0.4 is 0 Å². The lowest BCUT2D eigenvalue weighted by Gasteiger charge is -2.14. The molecular weight excluding hydrogens is 328 g/mol. The molecular formula is C22H42O4. The lowest BCUT2D eigenvalue weighted by Crippen LogP contribution is -2.13. The smallest absolute Gasteiger partial charge is 0.305 e. The molecule has 1 unspecified atom stereocenters. The van der Waals surface area contributed by atoms with Gasteiger partial charge in [0, 0.05) is 12.8 Å². The molecule has 4 heteroatoms. The third-order valence-corrected chi connectivity index (χ3v) is 4.84. The van der Waals surface area contributed by atoms with E-state index in [-0.39, 0.29) is 11.9 Å². The van der Waals surface area contributed by atoms with Gasteiger partial charge in [0.1, 0.15) is 0 Å². The fourth-order valence-electron chi connectivity index (χ4n) is 3.01. The molecule has 26 heavy (non-hydrogen) atoms. The van der Waals surface area contributed by atoms with Crippen molar-refractivity contribution in [1.82, 2.24) is 0 Å². The molecule has 0 amide bonds. The molecule has 0 aromatic rings. The Morgan fingerprint density at radius 3 is 1.65 bits per heavy atom. The zero-order valence-electron chi connectivity index (χ0n) is 17.5. The van der Waals surface area contributed by atoms with E-state index in [9.17, 15) is 9.59 Å². The Hall–Kier alpha value is -1.06. The second-order valence-electron chi connectivity index (χ2n) is 7.23. The quantitative estimate of drug-likeness (QED) is 0.212. The van der Waals surface area contributed by atoms with E-state index in [1.165, 1.54) is 44.9 Å². The van der Waals surface area contributed by atoms with Crippen LogP contribution in [0.4, 0.5) is 0 Å². The summed E-state index contributed by atoms with van der Waals surface area (Å²) in [7, 11) is 0. The van der Waals surface area contributed by atoms with Crippen molar-refractivity contribution in [3.8, 4) is 0 Å². The van der Waals surface area contributed by atoms with Crippen LogP contribution in [0, 0.1) is 5.92 Å². The molecule has 4 nitrogen and oxygen atoms in total. The minimum absolute atomic E-state index is 0.0288. The predicted octanol–water partition coefficient (Wildman–Crippen LogP) is 6.21. The molecule has 0 radical (unpaired) electrons. The second kappa shape index (κ2) is 18.7. The van der Waals surface area contributed by atoms with Crippen LogP contribution >= 0.6 is 0 Å². The molecule has 0 heterocycles. The number of unbranched alkanes of at least 4 members (excludes halogenated alkanes) is 8. The van der Waals surface area contributed by atoms with Crippen LogP contribution in [0.5, 0.6) is 0 Å². The normalized spacial score (nSPS) is 12.0. The van der Waals surface area contributed by atoms with E-state index < -0.39 is 0 Å². The van der Waals surface area contributed by atoms with Gasteiger partial charge in [-0.15, -0.1) is 0 Å². The van der Waals surface area contributed by atoms with Crippen LogP contribution in [-0.2, 0) is 19.1 Å². The van der Waals surface area contributed by atoms with Crippen LogP contribution in [0.15, 0.2) is 0 Å². The second-order valence-corrected chi connectivity index (χ2v) is 7.23. The van der Waals surface area contributed by atoms with Gasteiger partial charge in [-0.1, -0.05) is 71.6 Å². The molecule has 0 saturated carbocycles. The van der Waals surface area contributed by atoms with Gasteiger partial charge in [-0.3, -0.25) is 9.59 Å². The maximum Gasteiger partial charge on any atom is 0.305 e. The molecule has 0 bridgehead atoms. The van der Waals surface area contributed by atoms with Gasteiger partial charge in [-0.2, -0.15) is 0 Å². The molecule has 0 saturated heterocycles. The first-order valence-corrected chi connectivity index (χ1v) is 10.9. The topological polar surface area (TPSA) is 52.6 Å². The molecule has 0 spiro atoms. The Bertz CT molecular complexity index is 341. The fraction of sp³-hybridized carbons (Fsp3) is 0.909. The third-order valence-electron chi connectivity index (χ3n) is 4.84. The van der Waals surface area contributed by atoms with Crippen LogP contribution in [0.1, 0.15) is 111 Å². The predicted molar refractivity (Wildman–Crippen MR) is 107 cm³/mol. The first-order chi connectivity index (χ1) is 12.6. The highest BCUT2D eigenvalue weighted by Crippen LogP contribution is 2.14. The number of ether oxygens (including phenoxy) is 2. The molecule has 0 aliphatic carbocycles. The highest BCUT2D eigenvalue weighted by molar-refractivity contribution is 5.69. The Morgan fingerprint density at radius 1 is 0.692 bits per heavy atom. The molecule has 0 aromatic heterocycles. The summed E-state index contributed by atoms with van der Waals surface area (Å²) in [5.41, 5.74) is 0. The monoisotopic (exact) mass is 370 g/mol. The standard InChI is InChI=1S/C22H42O4/c1-4-7-16-20(5-2)19-26-22(24)18-15-13-11-9-8-10-12-14-17-21(23)25-6-3/h20H,4-19H2,1-3H3. The van der Waals surface area contributed by atoms with Crippen molar-refractivity contribution in [1.29, 1.82) is 0 Å². The summed E-state index contributed by atoms with van der Waals surface area (Å²) in [6.07, 6.45) is 14.6. The van der Waals surface area contributed by atoms with Gasteiger partial charge in [-0.05, 0) is 32.1 Å². The first kappa shape index (κ1) is 24.9. The average molecular weight is 371 g/mol. The molecule has 0 aromatic carbocycles. The fourth-order valence-corrected chi connectivity index (χ4v) is 3.01. The first-order valence-electron chi connectivity index (χ1n) is 10.9. The number of carbonyl (C=O) groups is 2. The van der Waals surface area contributed by atoms with Gasteiger partial charge in [0.15, 0.2) is 0 Å². The van der Waals surface area contributed by atoms with Gasteiger partial charge in [0.05, 0.1) is 13.2 Å². The summed E-state index contributed by atoms with van der Waals surface area (Å²) in [4.78, 5) is 23.0. The van der Waals surface area contributed by atoms with Crippen molar-refractivity contribution in [2.24, 2.45) is 5.92 Å².